The summed E-state index contributed by atoms with van der Waals surface area (Å²) in [5.74, 6) is -0.595. The van der Waals surface area contributed by atoms with Crippen LogP contribution >= 0.6 is 7.82 Å². The van der Waals surface area contributed by atoms with Gasteiger partial charge in [0.15, 0.2) is 0 Å². The van der Waals surface area contributed by atoms with E-state index in [1.165, 1.54) is 103 Å². The van der Waals surface area contributed by atoms with E-state index in [0.717, 1.165) is 116 Å². The summed E-state index contributed by atoms with van der Waals surface area (Å²) in [4.78, 5) is 40.1. The Bertz CT molecular complexity index is 1800. The van der Waals surface area contributed by atoms with Crippen molar-refractivity contribution in [1.82, 2.24) is 5.32 Å². The number of ether oxygens (including phenoxy) is 1. The number of nitrogens with zero attached hydrogens (tertiary/aromatic N) is 1. The molecule has 0 radical (unpaired) electrons. The molecule has 0 aromatic carbocycles. The van der Waals surface area contributed by atoms with Gasteiger partial charge >= 0.3 is 5.97 Å². The first-order valence-electron chi connectivity index (χ1n) is 32.8. The number of quaternary nitrogens is 1. The lowest BCUT2D eigenvalue weighted by atomic mass is 10.0. The van der Waals surface area contributed by atoms with Gasteiger partial charge in [-0.25, -0.2) is 0 Å². The average molecular weight is 1150 g/mol. The molecular weight excluding hydrogens is 1020 g/mol. The maximum absolute atomic E-state index is 13.6. The first-order valence-corrected chi connectivity index (χ1v) is 34.3. The van der Waals surface area contributed by atoms with E-state index in [9.17, 15) is 19.0 Å². The first kappa shape index (κ1) is 77.4. The standard InChI is InChI=1S/C71H123N2O7P/c1-7-10-13-16-19-22-25-28-30-32-34-35-36-37-39-41-43-46-49-52-55-58-61-64-71(75)80-69(62-59-56-53-50-47-44-27-24-21-18-15-12-9-3)68(67-79-81(76,77)78-66-65-73(4,5)6)72-70(74)63-60-57-54-51-48-45-42-40-38-33-31-29-26-23-20-17-14-11-8-2/h10,13,19-20,22-23,28-31,34-35,37-40,45,48,59,62,68-69H,7-9,11-12,14-18,21,24-27,32-33,36,41-44,46-47,49-58,60-61,63-67H2,1-6H3,(H-,72,74,76,77)/b13-10-,22-19-,23-20-,30-28-,31-29-,35-34-,39-37-,40-38-,48-45-,62-59+. The van der Waals surface area contributed by atoms with Gasteiger partial charge in [0.25, 0.3) is 7.82 Å². The van der Waals surface area contributed by atoms with Crippen LogP contribution in [0.25, 0.3) is 0 Å². The van der Waals surface area contributed by atoms with Crippen molar-refractivity contribution >= 4 is 19.7 Å². The number of amides is 1. The predicted octanol–water partition coefficient (Wildman–Crippen LogP) is 20.0. The molecule has 81 heavy (non-hydrogen) atoms. The molecule has 0 saturated carbocycles. The van der Waals surface area contributed by atoms with E-state index >= 15 is 0 Å². The second-order valence-corrected chi connectivity index (χ2v) is 24.3. The quantitative estimate of drug-likeness (QED) is 0.0212. The van der Waals surface area contributed by atoms with Gasteiger partial charge in [-0.1, -0.05) is 252 Å². The molecule has 464 valence electrons. The molecule has 0 aliphatic heterocycles. The minimum Gasteiger partial charge on any atom is -0.756 e. The number of nitrogens with one attached hydrogen (secondary N) is 1. The van der Waals surface area contributed by atoms with Gasteiger partial charge in [-0.3, -0.25) is 14.2 Å². The highest BCUT2D eigenvalue weighted by Crippen LogP contribution is 2.38. The molecule has 3 unspecified atom stereocenters. The average Bonchev–Trinajstić information content (AvgIpc) is 3.44. The number of allylic oxidation sites excluding steroid dienone is 19. The van der Waals surface area contributed by atoms with Crippen LogP contribution in [0, 0.1) is 0 Å². The van der Waals surface area contributed by atoms with Crippen LogP contribution in [0.3, 0.4) is 0 Å². The molecule has 0 aliphatic carbocycles. The molecule has 0 aliphatic rings. The van der Waals surface area contributed by atoms with Crippen LogP contribution in [-0.4, -0.2) is 69.4 Å². The number of phosphoric ester groups is 1. The topological polar surface area (TPSA) is 114 Å². The third kappa shape index (κ3) is 60.8. The van der Waals surface area contributed by atoms with E-state index in [4.69, 9.17) is 13.8 Å². The number of unbranched alkanes of at least 4 members (excludes halogenated alkanes) is 24. The van der Waals surface area contributed by atoms with Crippen molar-refractivity contribution in [3.05, 3.63) is 122 Å². The van der Waals surface area contributed by atoms with Crippen molar-refractivity contribution in [1.29, 1.82) is 0 Å². The molecule has 0 aromatic rings. The molecule has 10 heteroatoms. The van der Waals surface area contributed by atoms with Crippen molar-refractivity contribution in [2.75, 3.05) is 40.9 Å². The molecule has 9 nitrogen and oxygen atoms in total. The Kier molecular flexibility index (Phi) is 56.9. The molecule has 0 rings (SSSR count). The van der Waals surface area contributed by atoms with Gasteiger partial charge in [-0.15, -0.1) is 0 Å². The predicted molar refractivity (Wildman–Crippen MR) is 348 cm³/mol. The molecule has 0 heterocycles. The summed E-state index contributed by atoms with van der Waals surface area (Å²) in [5.41, 5.74) is 0. The number of rotatable bonds is 58. The van der Waals surface area contributed by atoms with Crippen LogP contribution in [0.2, 0.25) is 0 Å². The molecule has 0 bridgehead atoms. The number of hydrogen-bond acceptors (Lipinski definition) is 7. The highest BCUT2D eigenvalue weighted by Gasteiger charge is 2.27. The Morgan fingerprint density at radius 2 is 0.790 bits per heavy atom. The summed E-state index contributed by atoms with van der Waals surface area (Å²) < 4.78 is 30.4. The van der Waals surface area contributed by atoms with Crippen molar-refractivity contribution in [3.8, 4) is 0 Å². The summed E-state index contributed by atoms with van der Waals surface area (Å²) >= 11 is 0. The van der Waals surface area contributed by atoms with E-state index in [1.54, 1.807) is 0 Å². The fourth-order valence-electron chi connectivity index (χ4n) is 8.83. The number of esters is 1. The third-order valence-corrected chi connectivity index (χ3v) is 14.8. The van der Waals surface area contributed by atoms with Crippen LogP contribution in [0.1, 0.15) is 265 Å². The molecular formula is C71H123N2O7P. The summed E-state index contributed by atoms with van der Waals surface area (Å²) in [7, 11) is 1.14. The number of hydrogen-bond donors (Lipinski definition) is 1. The number of likely N-dealkylation sites (N-methyl/N-ethyl adjacent to an activating group) is 1. The fraction of sp³-hybridized carbons (Fsp3) is 0.690. The molecule has 3 atom stereocenters. The Labute approximate surface area is 499 Å². The van der Waals surface area contributed by atoms with E-state index in [0.29, 0.717) is 23.9 Å². The third-order valence-electron chi connectivity index (χ3n) is 13.9. The molecule has 0 spiro atoms. The van der Waals surface area contributed by atoms with Crippen LogP contribution in [0.5, 0.6) is 0 Å². The monoisotopic (exact) mass is 1150 g/mol. The van der Waals surface area contributed by atoms with Crippen molar-refractivity contribution in [2.24, 2.45) is 0 Å². The van der Waals surface area contributed by atoms with E-state index in [1.807, 2.05) is 33.3 Å². The van der Waals surface area contributed by atoms with Gasteiger partial charge in [-0.05, 0) is 122 Å². The molecule has 0 fully saturated rings. The number of carbonyl (C=O) groups is 2. The molecule has 1 N–H and O–H groups in total. The maximum atomic E-state index is 13.6. The van der Waals surface area contributed by atoms with E-state index < -0.39 is 26.6 Å². The lowest BCUT2D eigenvalue weighted by Crippen LogP contribution is -2.47. The zero-order chi connectivity index (χ0) is 59.3. The van der Waals surface area contributed by atoms with Gasteiger partial charge < -0.3 is 28.5 Å². The highest BCUT2D eigenvalue weighted by molar-refractivity contribution is 7.45. The van der Waals surface area contributed by atoms with Gasteiger partial charge in [0.05, 0.1) is 33.8 Å². The van der Waals surface area contributed by atoms with Crippen LogP contribution in [0.15, 0.2) is 122 Å². The molecule has 0 saturated heterocycles. The van der Waals surface area contributed by atoms with Gasteiger partial charge in [-0.2, -0.15) is 0 Å². The maximum Gasteiger partial charge on any atom is 0.306 e. The first-order chi connectivity index (χ1) is 39.4. The summed E-state index contributed by atoms with van der Waals surface area (Å²) in [5, 5.41) is 3.01. The van der Waals surface area contributed by atoms with Gasteiger partial charge in [0.2, 0.25) is 5.91 Å². The molecule has 0 aromatic heterocycles. The summed E-state index contributed by atoms with van der Waals surface area (Å²) in [6.45, 7) is 6.66. The van der Waals surface area contributed by atoms with E-state index in [-0.39, 0.29) is 31.3 Å². The highest BCUT2D eigenvalue weighted by atomic mass is 31.2. The Balaban J connectivity index is 5.31. The second-order valence-electron chi connectivity index (χ2n) is 22.9. The zero-order valence-corrected chi connectivity index (χ0v) is 53.8. The van der Waals surface area contributed by atoms with Crippen molar-refractivity contribution in [2.45, 2.75) is 277 Å². The van der Waals surface area contributed by atoms with Crippen molar-refractivity contribution in [3.63, 3.8) is 0 Å². The normalized spacial score (nSPS) is 14.4. The lowest BCUT2D eigenvalue weighted by molar-refractivity contribution is -0.870. The SMILES string of the molecule is CC/C=C\C/C=C\C/C=C\C/C=C\C/C=C\CCCCCCCCCC(=O)OC(/C=C/CCCCCCCCCCCCC)C(COP(=O)([O-])OCC[N+](C)(C)C)NC(=O)CCCCC/C=C\C/C=C\C/C=C\C/C=C\CCCCC. The van der Waals surface area contributed by atoms with Gasteiger partial charge in [0, 0.05) is 12.8 Å². The lowest BCUT2D eigenvalue weighted by Gasteiger charge is -2.30. The van der Waals surface area contributed by atoms with Crippen LogP contribution < -0.4 is 10.2 Å². The fourth-order valence-corrected chi connectivity index (χ4v) is 9.55. The largest absolute Gasteiger partial charge is 0.756 e. The van der Waals surface area contributed by atoms with E-state index in [2.05, 4.69) is 135 Å². The zero-order valence-electron chi connectivity index (χ0n) is 52.9. The molecule has 1 amide bonds. The van der Waals surface area contributed by atoms with Crippen LogP contribution in [0.4, 0.5) is 0 Å². The number of phosphoric acid groups is 1. The minimum atomic E-state index is -4.72. The summed E-state index contributed by atoms with van der Waals surface area (Å²) in [6, 6.07) is -0.919. The second kappa shape index (κ2) is 59.6. The smallest absolute Gasteiger partial charge is 0.306 e. The minimum absolute atomic E-state index is 0.0370. The van der Waals surface area contributed by atoms with Gasteiger partial charge in [0.1, 0.15) is 19.3 Å². The van der Waals surface area contributed by atoms with Crippen LogP contribution in [-0.2, 0) is 27.9 Å². The Morgan fingerprint density at radius 3 is 1.22 bits per heavy atom. The Morgan fingerprint density at radius 1 is 0.444 bits per heavy atom. The number of carbonyl (C=O) groups excluding carboxylic acids is 2. The summed E-state index contributed by atoms with van der Waals surface area (Å²) in [6.07, 6.45) is 83.1. The van der Waals surface area contributed by atoms with Crippen molar-refractivity contribution < 1.29 is 37.3 Å². The Hall–Kier alpha value is -3.59.